The van der Waals surface area contributed by atoms with Crippen molar-refractivity contribution in [1.82, 2.24) is 19.6 Å². The average molecular weight is 372 g/mol. The predicted molar refractivity (Wildman–Crippen MR) is 107 cm³/mol. The van der Waals surface area contributed by atoms with Crippen molar-refractivity contribution in [3.63, 3.8) is 0 Å². The Hall–Kier alpha value is -2.54. The molecule has 0 saturated heterocycles. The molecule has 2 heterocycles. The van der Waals surface area contributed by atoms with Gasteiger partial charge in [-0.25, -0.2) is 9.98 Å². The highest BCUT2D eigenvalue weighted by Crippen LogP contribution is 2.14. The molecule has 0 unspecified atom stereocenters. The van der Waals surface area contributed by atoms with Crippen molar-refractivity contribution in [3.8, 4) is 5.75 Å². The van der Waals surface area contributed by atoms with Gasteiger partial charge in [0, 0.05) is 37.9 Å². The quantitative estimate of drug-likeness (QED) is 0.511. The van der Waals surface area contributed by atoms with Crippen LogP contribution in [-0.2, 0) is 13.1 Å². The van der Waals surface area contributed by atoms with Gasteiger partial charge in [-0.1, -0.05) is 12.1 Å². The summed E-state index contributed by atoms with van der Waals surface area (Å²) in [6.07, 6.45) is 4.05. The third kappa shape index (κ3) is 4.54. The molecule has 26 heavy (non-hydrogen) atoms. The Bertz CT molecular complexity index is 824. The fourth-order valence-electron chi connectivity index (χ4n) is 2.68. The van der Waals surface area contributed by atoms with Gasteiger partial charge < -0.3 is 15.0 Å². The van der Waals surface area contributed by atoms with E-state index < -0.39 is 0 Å². The number of imidazole rings is 1. The van der Waals surface area contributed by atoms with E-state index in [-0.39, 0.29) is 0 Å². The molecule has 0 aliphatic carbocycles. The smallest absolute Gasteiger partial charge is 0.194 e. The first kappa shape index (κ1) is 18.3. The van der Waals surface area contributed by atoms with E-state index in [4.69, 9.17) is 9.73 Å². The molecule has 3 aromatic rings. The SMILES string of the molecule is CCNC(=NCc1cn2ccsc2n1)N(C)Cc1ccc(OCC)cc1. The van der Waals surface area contributed by atoms with Gasteiger partial charge in [-0.05, 0) is 31.5 Å². The van der Waals surface area contributed by atoms with Crippen LogP contribution in [0.2, 0.25) is 0 Å². The third-order valence-electron chi connectivity index (χ3n) is 3.88. The summed E-state index contributed by atoms with van der Waals surface area (Å²) in [6, 6.07) is 8.20. The molecule has 0 atom stereocenters. The number of hydrogen-bond donors (Lipinski definition) is 1. The molecule has 138 valence electrons. The largest absolute Gasteiger partial charge is 0.494 e. The van der Waals surface area contributed by atoms with Gasteiger partial charge in [0.25, 0.3) is 0 Å². The van der Waals surface area contributed by atoms with Crippen LogP contribution < -0.4 is 10.1 Å². The number of fused-ring (bicyclic) bond motifs is 1. The maximum absolute atomic E-state index is 5.50. The summed E-state index contributed by atoms with van der Waals surface area (Å²) in [4.78, 5) is 12.5. The Balaban J connectivity index is 1.66. The van der Waals surface area contributed by atoms with Gasteiger partial charge in [0.2, 0.25) is 0 Å². The maximum atomic E-state index is 5.50. The van der Waals surface area contributed by atoms with Crippen LogP contribution in [0.1, 0.15) is 25.1 Å². The summed E-state index contributed by atoms with van der Waals surface area (Å²) in [5.74, 6) is 1.77. The highest BCUT2D eigenvalue weighted by molar-refractivity contribution is 7.15. The molecule has 0 spiro atoms. The molecule has 0 aliphatic rings. The lowest BCUT2D eigenvalue weighted by molar-refractivity contribution is 0.340. The summed E-state index contributed by atoms with van der Waals surface area (Å²) in [7, 11) is 2.05. The Morgan fingerprint density at radius 3 is 2.81 bits per heavy atom. The molecule has 0 aliphatic heterocycles. The van der Waals surface area contributed by atoms with E-state index in [1.165, 1.54) is 5.56 Å². The molecule has 1 aromatic carbocycles. The molecule has 0 radical (unpaired) electrons. The number of aliphatic imine (C=N–C) groups is 1. The molecular weight excluding hydrogens is 346 g/mol. The van der Waals surface area contributed by atoms with Gasteiger partial charge in [-0.15, -0.1) is 11.3 Å². The van der Waals surface area contributed by atoms with Gasteiger partial charge in [-0.3, -0.25) is 4.40 Å². The molecule has 0 amide bonds. The van der Waals surface area contributed by atoms with Crippen molar-refractivity contribution in [2.45, 2.75) is 26.9 Å². The third-order valence-corrected chi connectivity index (χ3v) is 4.66. The normalized spacial score (nSPS) is 11.7. The highest BCUT2D eigenvalue weighted by Gasteiger charge is 2.08. The number of rotatable bonds is 7. The minimum atomic E-state index is 0.560. The minimum Gasteiger partial charge on any atom is -0.494 e. The lowest BCUT2D eigenvalue weighted by atomic mass is 10.2. The number of thiazole rings is 1. The second-order valence-corrected chi connectivity index (χ2v) is 6.80. The summed E-state index contributed by atoms with van der Waals surface area (Å²) in [5.41, 5.74) is 2.19. The number of aromatic nitrogens is 2. The van der Waals surface area contributed by atoms with Crippen molar-refractivity contribution in [3.05, 3.63) is 53.3 Å². The molecule has 1 N–H and O–H groups in total. The Labute approximate surface area is 158 Å². The van der Waals surface area contributed by atoms with E-state index >= 15 is 0 Å². The van der Waals surface area contributed by atoms with E-state index in [1.54, 1.807) is 11.3 Å². The number of ether oxygens (including phenoxy) is 1. The Kier molecular flexibility index (Phi) is 6.12. The average Bonchev–Trinajstić information content (AvgIpc) is 3.22. The zero-order valence-corrected chi connectivity index (χ0v) is 16.3. The Morgan fingerprint density at radius 1 is 1.31 bits per heavy atom. The molecule has 0 saturated carbocycles. The molecule has 7 heteroatoms. The molecule has 6 nitrogen and oxygen atoms in total. The van der Waals surface area contributed by atoms with Crippen molar-refractivity contribution >= 4 is 22.3 Å². The van der Waals surface area contributed by atoms with Crippen LogP contribution >= 0.6 is 11.3 Å². The van der Waals surface area contributed by atoms with Crippen LogP contribution in [0.5, 0.6) is 5.75 Å². The van der Waals surface area contributed by atoms with Crippen LogP contribution in [0.15, 0.2) is 47.0 Å². The van der Waals surface area contributed by atoms with E-state index in [2.05, 4.69) is 34.3 Å². The van der Waals surface area contributed by atoms with Crippen LogP contribution in [0, 0.1) is 0 Å². The first-order valence-corrected chi connectivity index (χ1v) is 9.69. The zero-order valence-electron chi connectivity index (χ0n) is 15.5. The first-order valence-electron chi connectivity index (χ1n) is 8.81. The van der Waals surface area contributed by atoms with Gasteiger partial charge in [-0.2, -0.15) is 0 Å². The molecule has 2 aromatic heterocycles. The number of nitrogens with zero attached hydrogens (tertiary/aromatic N) is 4. The topological polar surface area (TPSA) is 54.2 Å². The van der Waals surface area contributed by atoms with E-state index in [0.29, 0.717) is 13.2 Å². The minimum absolute atomic E-state index is 0.560. The molecule has 0 fully saturated rings. The number of nitrogens with one attached hydrogen (secondary N) is 1. The standard InChI is InChI=1S/C19H25N5OS/c1-4-20-18(21-12-16-14-24-10-11-26-19(24)22-16)23(3)13-15-6-8-17(9-7-15)25-5-2/h6-11,14H,4-5,12-13H2,1-3H3,(H,20,21). The van der Waals surface area contributed by atoms with Crippen molar-refractivity contribution in [2.24, 2.45) is 4.99 Å². The summed E-state index contributed by atoms with van der Waals surface area (Å²) in [6.45, 7) is 6.91. The van der Waals surface area contributed by atoms with Crippen LogP contribution in [-0.4, -0.2) is 40.4 Å². The number of guanidine groups is 1. The van der Waals surface area contributed by atoms with E-state index in [9.17, 15) is 0 Å². The highest BCUT2D eigenvalue weighted by atomic mass is 32.1. The summed E-state index contributed by atoms with van der Waals surface area (Å²) < 4.78 is 7.53. The maximum Gasteiger partial charge on any atom is 0.194 e. The summed E-state index contributed by atoms with van der Waals surface area (Å²) >= 11 is 1.63. The second-order valence-electron chi connectivity index (χ2n) is 5.93. The van der Waals surface area contributed by atoms with Gasteiger partial charge in [0.05, 0.1) is 18.8 Å². The second kappa shape index (κ2) is 8.71. The molecule has 0 bridgehead atoms. The number of benzene rings is 1. The zero-order chi connectivity index (χ0) is 18.4. The van der Waals surface area contributed by atoms with Gasteiger partial charge in [0.15, 0.2) is 10.9 Å². The fraction of sp³-hybridized carbons (Fsp3) is 0.368. The van der Waals surface area contributed by atoms with Crippen molar-refractivity contribution in [1.29, 1.82) is 0 Å². The summed E-state index contributed by atoms with van der Waals surface area (Å²) in [5, 5.41) is 5.38. The van der Waals surface area contributed by atoms with E-state index in [1.807, 2.05) is 48.3 Å². The van der Waals surface area contributed by atoms with Crippen LogP contribution in [0.3, 0.4) is 0 Å². The number of hydrogen-bond acceptors (Lipinski definition) is 4. The lowest BCUT2D eigenvalue weighted by Crippen LogP contribution is -2.38. The monoisotopic (exact) mass is 371 g/mol. The van der Waals surface area contributed by atoms with Crippen LogP contribution in [0.4, 0.5) is 0 Å². The lowest BCUT2D eigenvalue weighted by Gasteiger charge is -2.22. The van der Waals surface area contributed by atoms with E-state index in [0.717, 1.165) is 35.5 Å². The van der Waals surface area contributed by atoms with Gasteiger partial charge in [0.1, 0.15) is 5.75 Å². The molecular formula is C19H25N5OS. The molecule has 3 rings (SSSR count). The first-order chi connectivity index (χ1) is 12.7. The van der Waals surface area contributed by atoms with Crippen molar-refractivity contribution in [2.75, 3.05) is 20.2 Å². The Morgan fingerprint density at radius 2 is 2.12 bits per heavy atom. The van der Waals surface area contributed by atoms with Crippen LogP contribution in [0.25, 0.3) is 4.96 Å². The van der Waals surface area contributed by atoms with Crippen molar-refractivity contribution < 1.29 is 4.74 Å². The fourth-order valence-corrected chi connectivity index (χ4v) is 3.40. The van der Waals surface area contributed by atoms with Gasteiger partial charge >= 0.3 is 0 Å². The predicted octanol–water partition coefficient (Wildman–Crippen LogP) is 3.39.